The first-order chi connectivity index (χ1) is 5.77. The molecule has 12 heavy (non-hydrogen) atoms. The molecular weight excluding hydrogens is 148 g/mol. The van der Waals surface area contributed by atoms with Gasteiger partial charge in [-0.1, -0.05) is 0 Å². The lowest BCUT2D eigenvalue weighted by atomic mass is 10.1. The van der Waals surface area contributed by atoms with Crippen LogP contribution in [0.4, 0.5) is 0 Å². The van der Waals surface area contributed by atoms with E-state index in [9.17, 15) is 0 Å². The van der Waals surface area contributed by atoms with Crippen molar-refractivity contribution >= 4 is 10.9 Å². The first kappa shape index (κ1) is 7.22. The summed E-state index contributed by atoms with van der Waals surface area (Å²) in [5.74, 6) is 0. The maximum absolute atomic E-state index is 4.17. The molecule has 1 aromatic carbocycles. The lowest BCUT2D eigenvalue weighted by molar-refractivity contribution is 1.21. The van der Waals surface area contributed by atoms with Gasteiger partial charge in [0.05, 0.1) is 5.52 Å². The predicted octanol–water partition coefficient (Wildman–Crippen LogP) is 2.25. The van der Waals surface area contributed by atoms with Crippen LogP contribution >= 0.6 is 0 Å². The Morgan fingerprint density at radius 3 is 2.67 bits per heavy atom. The van der Waals surface area contributed by atoms with Crippen molar-refractivity contribution < 1.29 is 0 Å². The Hall–Kier alpha value is -1.44. The molecule has 1 aromatic heterocycles. The summed E-state index contributed by atoms with van der Waals surface area (Å²) in [5, 5.41) is 1.11. The highest BCUT2D eigenvalue weighted by Gasteiger charge is 1.97. The van der Waals surface area contributed by atoms with Crippen molar-refractivity contribution in [2.24, 2.45) is 0 Å². The van der Waals surface area contributed by atoms with Gasteiger partial charge in [-0.15, -0.1) is 0 Å². The van der Waals surface area contributed by atoms with E-state index in [0.717, 1.165) is 10.9 Å². The van der Waals surface area contributed by atoms with Crippen LogP contribution in [0.3, 0.4) is 0 Å². The summed E-state index contributed by atoms with van der Waals surface area (Å²) in [4.78, 5) is 8.14. The summed E-state index contributed by atoms with van der Waals surface area (Å²) in [7, 11) is 0. The quantitative estimate of drug-likeness (QED) is 0.587. The van der Waals surface area contributed by atoms with E-state index in [2.05, 4.69) is 35.9 Å². The fraction of sp³-hybridized carbons (Fsp3) is 0.200. The smallest absolute Gasteiger partial charge is 0.116 e. The molecule has 0 N–H and O–H groups in total. The van der Waals surface area contributed by atoms with Crippen LogP contribution < -0.4 is 0 Å². The van der Waals surface area contributed by atoms with Gasteiger partial charge in [-0.25, -0.2) is 9.97 Å². The van der Waals surface area contributed by atoms with Crippen molar-refractivity contribution in [3.63, 3.8) is 0 Å². The number of nitrogens with zero attached hydrogens (tertiary/aromatic N) is 2. The van der Waals surface area contributed by atoms with Gasteiger partial charge in [0.15, 0.2) is 0 Å². The number of aromatic nitrogens is 2. The first-order valence-corrected chi connectivity index (χ1v) is 3.94. The molecule has 0 aliphatic carbocycles. The molecular formula is C10H10N2. The molecule has 0 amide bonds. The summed E-state index contributed by atoms with van der Waals surface area (Å²) in [6, 6.07) is 4.21. The Morgan fingerprint density at radius 2 is 1.83 bits per heavy atom. The zero-order valence-corrected chi connectivity index (χ0v) is 7.20. The standard InChI is InChI=1S/C10H10N2/c1-7-3-9-5-11-6-12-10(9)4-8(7)2/h3-6H,1-2H3. The van der Waals surface area contributed by atoms with Gasteiger partial charge in [0, 0.05) is 11.6 Å². The van der Waals surface area contributed by atoms with Crippen LogP contribution in [0.2, 0.25) is 0 Å². The highest BCUT2D eigenvalue weighted by atomic mass is 14.8. The van der Waals surface area contributed by atoms with Gasteiger partial charge in [0.1, 0.15) is 6.33 Å². The van der Waals surface area contributed by atoms with Gasteiger partial charge < -0.3 is 0 Å². The van der Waals surface area contributed by atoms with Crippen molar-refractivity contribution in [3.05, 3.63) is 35.8 Å². The van der Waals surface area contributed by atoms with Gasteiger partial charge in [-0.3, -0.25) is 0 Å². The number of hydrogen-bond acceptors (Lipinski definition) is 2. The molecule has 0 bridgehead atoms. The summed E-state index contributed by atoms with van der Waals surface area (Å²) in [5.41, 5.74) is 3.59. The minimum absolute atomic E-state index is 1.02. The fourth-order valence-electron chi connectivity index (χ4n) is 1.25. The molecule has 0 spiro atoms. The second-order valence-electron chi connectivity index (χ2n) is 3.02. The van der Waals surface area contributed by atoms with E-state index in [0.29, 0.717) is 0 Å². The molecule has 2 rings (SSSR count). The topological polar surface area (TPSA) is 25.8 Å². The lowest BCUT2D eigenvalue weighted by Crippen LogP contribution is -1.85. The number of fused-ring (bicyclic) bond motifs is 1. The van der Waals surface area contributed by atoms with E-state index in [1.807, 2.05) is 6.20 Å². The molecule has 1 heterocycles. The third-order valence-corrected chi connectivity index (χ3v) is 2.12. The van der Waals surface area contributed by atoms with Crippen LogP contribution in [0.15, 0.2) is 24.7 Å². The Kier molecular flexibility index (Phi) is 1.54. The third-order valence-electron chi connectivity index (χ3n) is 2.12. The largest absolute Gasteiger partial charge is 0.244 e. The highest BCUT2D eigenvalue weighted by molar-refractivity contribution is 5.79. The zero-order chi connectivity index (χ0) is 8.55. The molecule has 2 aromatic rings. The third kappa shape index (κ3) is 1.05. The molecule has 0 atom stereocenters. The molecule has 0 aliphatic rings. The van der Waals surface area contributed by atoms with E-state index in [1.54, 1.807) is 6.33 Å². The van der Waals surface area contributed by atoms with Crippen LogP contribution in [0.25, 0.3) is 10.9 Å². The normalized spacial score (nSPS) is 10.5. The van der Waals surface area contributed by atoms with E-state index in [-0.39, 0.29) is 0 Å². The van der Waals surface area contributed by atoms with Gasteiger partial charge >= 0.3 is 0 Å². The Labute approximate surface area is 71.3 Å². The lowest BCUT2D eigenvalue weighted by Gasteiger charge is -2.01. The van der Waals surface area contributed by atoms with Gasteiger partial charge in [-0.05, 0) is 37.1 Å². The number of benzene rings is 1. The van der Waals surface area contributed by atoms with Crippen LogP contribution in [-0.2, 0) is 0 Å². The maximum atomic E-state index is 4.17. The number of rotatable bonds is 0. The molecule has 0 saturated heterocycles. The summed E-state index contributed by atoms with van der Waals surface area (Å²) < 4.78 is 0. The van der Waals surface area contributed by atoms with E-state index < -0.39 is 0 Å². The first-order valence-electron chi connectivity index (χ1n) is 3.94. The Morgan fingerprint density at radius 1 is 1.08 bits per heavy atom. The van der Waals surface area contributed by atoms with Crippen molar-refractivity contribution in [3.8, 4) is 0 Å². The minimum Gasteiger partial charge on any atom is -0.244 e. The molecule has 0 fully saturated rings. The maximum Gasteiger partial charge on any atom is 0.116 e. The van der Waals surface area contributed by atoms with Crippen LogP contribution in [0.5, 0.6) is 0 Å². The van der Waals surface area contributed by atoms with Crippen molar-refractivity contribution in [2.45, 2.75) is 13.8 Å². The minimum atomic E-state index is 1.02. The van der Waals surface area contributed by atoms with Crippen molar-refractivity contribution in [1.29, 1.82) is 0 Å². The number of hydrogen-bond donors (Lipinski definition) is 0. The average Bonchev–Trinajstić information content (AvgIpc) is 2.07. The summed E-state index contributed by atoms with van der Waals surface area (Å²) in [6.07, 6.45) is 3.42. The second kappa shape index (κ2) is 2.55. The monoisotopic (exact) mass is 158 g/mol. The Bertz CT molecular complexity index is 381. The van der Waals surface area contributed by atoms with E-state index in [4.69, 9.17) is 0 Å². The van der Waals surface area contributed by atoms with Crippen LogP contribution in [0.1, 0.15) is 11.1 Å². The molecule has 60 valence electrons. The number of aryl methyl sites for hydroxylation is 2. The van der Waals surface area contributed by atoms with E-state index >= 15 is 0 Å². The highest BCUT2D eigenvalue weighted by Crippen LogP contribution is 2.15. The molecule has 2 heteroatoms. The van der Waals surface area contributed by atoms with Gasteiger partial charge in [-0.2, -0.15) is 0 Å². The van der Waals surface area contributed by atoms with Crippen LogP contribution in [0, 0.1) is 13.8 Å². The zero-order valence-electron chi connectivity index (χ0n) is 7.20. The molecule has 0 unspecified atom stereocenters. The van der Waals surface area contributed by atoms with Gasteiger partial charge in [0.2, 0.25) is 0 Å². The molecule has 0 saturated carbocycles. The SMILES string of the molecule is Cc1cc2cncnc2cc1C. The summed E-state index contributed by atoms with van der Waals surface area (Å²) >= 11 is 0. The predicted molar refractivity (Wildman–Crippen MR) is 49.0 cm³/mol. The fourth-order valence-corrected chi connectivity index (χ4v) is 1.25. The molecule has 2 nitrogen and oxygen atoms in total. The second-order valence-corrected chi connectivity index (χ2v) is 3.02. The van der Waals surface area contributed by atoms with Crippen molar-refractivity contribution in [2.75, 3.05) is 0 Å². The van der Waals surface area contributed by atoms with Gasteiger partial charge in [0.25, 0.3) is 0 Å². The Balaban J connectivity index is 2.84. The van der Waals surface area contributed by atoms with Crippen molar-refractivity contribution in [1.82, 2.24) is 9.97 Å². The summed E-state index contributed by atoms with van der Waals surface area (Å²) in [6.45, 7) is 4.19. The molecule has 0 radical (unpaired) electrons. The van der Waals surface area contributed by atoms with Crippen LogP contribution in [-0.4, -0.2) is 9.97 Å². The average molecular weight is 158 g/mol. The molecule has 0 aliphatic heterocycles. The van der Waals surface area contributed by atoms with E-state index in [1.165, 1.54) is 11.1 Å².